The molecule has 21 heavy (non-hydrogen) atoms. The highest BCUT2D eigenvalue weighted by Crippen LogP contribution is 2.25. The van der Waals surface area contributed by atoms with Crippen molar-refractivity contribution in [3.05, 3.63) is 54.0 Å². The highest BCUT2D eigenvalue weighted by atomic mass is 35.5. The molecule has 0 unspecified atom stereocenters. The standard InChI is InChI=1S/C14H14ClFN2O2S/c1-2-18(13-6-4-3-5-12(13)16)21(19,20)14-8-7-11(9-15)10-17-14/h3-8,10H,2,9H2,1H3. The van der Waals surface area contributed by atoms with Gasteiger partial charge in [0, 0.05) is 18.6 Å². The number of benzene rings is 1. The Hall–Kier alpha value is -1.66. The molecular formula is C14H14ClFN2O2S. The zero-order chi connectivity index (χ0) is 15.5. The van der Waals surface area contributed by atoms with Crippen LogP contribution in [0.5, 0.6) is 0 Å². The molecule has 0 bridgehead atoms. The van der Waals surface area contributed by atoms with Gasteiger partial charge in [0.2, 0.25) is 0 Å². The Labute approximate surface area is 128 Å². The Morgan fingerprint density at radius 3 is 2.48 bits per heavy atom. The number of aromatic nitrogens is 1. The first-order valence-corrected chi connectivity index (χ1v) is 8.26. The molecule has 4 nitrogen and oxygen atoms in total. The first kappa shape index (κ1) is 15.7. The molecule has 0 atom stereocenters. The Bertz CT molecular complexity index is 720. The van der Waals surface area contributed by atoms with Gasteiger partial charge in [-0.1, -0.05) is 18.2 Å². The van der Waals surface area contributed by atoms with Gasteiger partial charge < -0.3 is 0 Å². The third kappa shape index (κ3) is 3.16. The summed E-state index contributed by atoms with van der Waals surface area (Å²) in [5.41, 5.74) is 0.716. The van der Waals surface area contributed by atoms with Crippen LogP contribution in [0.15, 0.2) is 47.6 Å². The van der Waals surface area contributed by atoms with Crippen LogP contribution in [-0.2, 0) is 15.9 Å². The summed E-state index contributed by atoms with van der Waals surface area (Å²) in [5.74, 6) is -0.349. The lowest BCUT2D eigenvalue weighted by molar-refractivity contribution is 0.583. The van der Waals surface area contributed by atoms with Crippen LogP contribution in [0, 0.1) is 5.82 Å². The molecule has 1 aromatic heterocycles. The number of pyridine rings is 1. The van der Waals surface area contributed by atoms with Crippen LogP contribution < -0.4 is 4.31 Å². The minimum absolute atomic E-state index is 0.00298. The summed E-state index contributed by atoms with van der Waals surface area (Å²) in [7, 11) is -3.91. The fraction of sp³-hybridized carbons (Fsp3) is 0.214. The molecule has 1 heterocycles. The number of para-hydroxylation sites is 1. The molecule has 2 aromatic rings. The molecule has 7 heteroatoms. The number of alkyl halides is 1. The fourth-order valence-electron chi connectivity index (χ4n) is 1.88. The summed E-state index contributed by atoms with van der Waals surface area (Å²) < 4.78 is 40.0. The molecule has 0 saturated carbocycles. The summed E-state index contributed by atoms with van der Waals surface area (Å²) in [6.07, 6.45) is 1.40. The summed E-state index contributed by atoms with van der Waals surface area (Å²) in [6, 6.07) is 8.69. The van der Waals surface area contributed by atoms with E-state index in [4.69, 9.17) is 11.6 Å². The van der Waals surface area contributed by atoms with Gasteiger partial charge in [-0.2, -0.15) is 8.42 Å². The third-order valence-electron chi connectivity index (χ3n) is 2.91. The quantitative estimate of drug-likeness (QED) is 0.792. The van der Waals surface area contributed by atoms with Gasteiger partial charge in [0.1, 0.15) is 5.82 Å². The van der Waals surface area contributed by atoms with Crippen LogP contribution in [0.2, 0.25) is 0 Å². The Kier molecular flexibility index (Phi) is 4.80. The summed E-state index contributed by atoms with van der Waals surface area (Å²) in [5, 5.41) is -0.138. The van der Waals surface area contributed by atoms with Crippen molar-refractivity contribution in [3.8, 4) is 0 Å². The van der Waals surface area contributed by atoms with Crippen molar-refractivity contribution in [2.45, 2.75) is 17.8 Å². The molecule has 0 fully saturated rings. The first-order chi connectivity index (χ1) is 10.0. The number of hydrogen-bond acceptors (Lipinski definition) is 3. The number of nitrogens with zero attached hydrogens (tertiary/aromatic N) is 2. The van der Waals surface area contributed by atoms with E-state index in [-0.39, 0.29) is 23.1 Å². The van der Waals surface area contributed by atoms with Crippen LogP contribution in [0.3, 0.4) is 0 Å². The summed E-state index contributed by atoms with van der Waals surface area (Å²) in [4.78, 5) is 3.91. The molecule has 0 amide bonds. The third-order valence-corrected chi connectivity index (χ3v) is 5.03. The van der Waals surface area contributed by atoms with Crippen LogP contribution >= 0.6 is 11.6 Å². The second kappa shape index (κ2) is 6.41. The molecule has 0 aliphatic rings. The van der Waals surface area contributed by atoms with Gasteiger partial charge in [-0.05, 0) is 30.7 Å². The largest absolute Gasteiger partial charge is 0.281 e. The van der Waals surface area contributed by atoms with E-state index in [1.165, 1.54) is 30.5 Å². The van der Waals surface area contributed by atoms with Crippen LogP contribution in [0.4, 0.5) is 10.1 Å². The summed E-state index contributed by atoms with van der Waals surface area (Å²) in [6.45, 7) is 1.74. The normalized spacial score (nSPS) is 11.4. The topological polar surface area (TPSA) is 50.3 Å². The Morgan fingerprint density at radius 2 is 1.95 bits per heavy atom. The number of rotatable bonds is 5. The Morgan fingerprint density at radius 1 is 1.24 bits per heavy atom. The maximum atomic E-state index is 13.8. The summed E-state index contributed by atoms with van der Waals surface area (Å²) >= 11 is 5.65. The van der Waals surface area contributed by atoms with Crippen molar-refractivity contribution in [2.75, 3.05) is 10.8 Å². The lowest BCUT2D eigenvalue weighted by atomic mass is 10.3. The van der Waals surface area contributed by atoms with Crippen molar-refractivity contribution in [1.29, 1.82) is 0 Å². The Balaban J connectivity index is 2.47. The maximum absolute atomic E-state index is 13.8. The second-order valence-corrected chi connectivity index (χ2v) is 6.34. The van der Waals surface area contributed by atoms with E-state index in [1.54, 1.807) is 19.1 Å². The van der Waals surface area contributed by atoms with Crippen LogP contribution in [0.25, 0.3) is 0 Å². The van der Waals surface area contributed by atoms with E-state index in [0.717, 1.165) is 4.31 Å². The number of sulfonamides is 1. The highest BCUT2D eigenvalue weighted by Gasteiger charge is 2.26. The number of anilines is 1. The van der Waals surface area contributed by atoms with Crippen LogP contribution in [0.1, 0.15) is 12.5 Å². The molecule has 0 aliphatic heterocycles. The maximum Gasteiger partial charge on any atom is 0.281 e. The highest BCUT2D eigenvalue weighted by molar-refractivity contribution is 7.92. The van der Waals surface area contributed by atoms with E-state index >= 15 is 0 Å². The number of halogens is 2. The molecule has 2 rings (SSSR count). The van der Waals surface area contributed by atoms with Crippen molar-refractivity contribution in [1.82, 2.24) is 4.98 Å². The van der Waals surface area contributed by atoms with E-state index < -0.39 is 15.8 Å². The second-order valence-electron chi connectivity index (χ2n) is 4.26. The molecule has 0 saturated heterocycles. The van der Waals surface area contributed by atoms with Crippen LogP contribution in [-0.4, -0.2) is 19.9 Å². The zero-order valence-electron chi connectivity index (χ0n) is 11.3. The lowest BCUT2D eigenvalue weighted by Gasteiger charge is -2.22. The van der Waals surface area contributed by atoms with E-state index in [1.807, 2.05) is 0 Å². The van der Waals surface area contributed by atoms with Crippen molar-refractivity contribution in [2.24, 2.45) is 0 Å². The predicted octanol–water partition coefficient (Wildman–Crippen LogP) is 3.17. The van der Waals surface area contributed by atoms with Gasteiger partial charge in [0.05, 0.1) is 5.69 Å². The van der Waals surface area contributed by atoms with Gasteiger partial charge in [0.15, 0.2) is 5.03 Å². The smallest absolute Gasteiger partial charge is 0.262 e. The molecule has 112 valence electrons. The first-order valence-electron chi connectivity index (χ1n) is 6.29. The molecule has 1 aromatic carbocycles. The number of hydrogen-bond donors (Lipinski definition) is 0. The molecular weight excluding hydrogens is 315 g/mol. The lowest BCUT2D eigenvalue weighted by Crippen LogP contribution is -2.32. The molecule has 0 radical (unpaired) electrons. The monoisotopic (exact) mass is 328 g/mol. The van der Waals surface area contributed by atoms with E-state index in [0.29, 0.717) is 5.56 Å². The van der Waals surface area contributed by atoms with Crippen molar-refractivity contribution in [3.63, 3.8) is 0 Å². The zero-order valence-corrected chi connectivity index (χ0v) is 12.9. The van der Waals surface area contributed by atoms with Crippen molar-refractivity contribution < 1.29 is 12.8 Å². The van der Waals surface area contributed by atoms with Gasteiger partial charge in [-0.25, -0.2) is 9.37 Å². The average Bonchev–Trinajstić information content (AvgIpc) is 2.50. The predicted molar refractivity (Wildman–Crippen MR) is 80.4 cm³/mol. The molecule has 0 aliphatic carbocycles. The minimum Gasteiger partial charge on any atom is -0.262 e. The fourth-order valence-corrected chi connectivity index (χ4v) is 3.44. The van der Waals surface area contributed by atoms with Gasteiger partial charge in [-0.3, -0.25) is 4.31 Å². The van der Waals surface area contributed by atoms with Gasteiger partial charge in [0.25, 0.3) is 10.0 Å². The van der Waals surface area contributed by atoms with Gasteiger partial charge >= 0.3 is 0 Å². The molecule has 0 N–H and O–H groups in total. The minimum atomic E-state index is -3.91. The van der Waals surface area contributed by atoms with E-state index in [9.17, 15) is 12.8 Å². The average molecular weight is 329 g/mol. The van der Waals surface area contributed by atoms with Gasteiger partial charge in [-0.15, -0.1) is 11.6 Å². The molecule has 0 spiro atoms. The van der Waals surface area contributed by atoms with Crippen molar-refractivity contribution >= 4 is 27.3 Å². The van der Waals surface area contributed by atoms with E-state index in [2.05, 4.69) is 4.98 Å². The SMILES string of the molecule is CCN(c1ccccc1F)S(=O)(=O)c1ccc(CCl)cn1.